The first-order valence-corrected chi connectivity index (χ1v) is 5.79. The molecule has 15 heavy (non-hydrogen) atoms. The van der Waals surface area contributed by atoms with Gasteiger partial charge in [0.05, 0.1) is 0 Å². The van der Waals surface area contributed by atoms with E-state index >= 15 is 0 Å². The lowest BCUT2D eigenvalue weighted by atomic mass is 9.82. The van der Waals surface area contributed by atoms with Crippen molar-refractivity contribution in [2.75, 3.05) is 0 Å². The van der Waals surface area contributed by atoms with Gasteiger partial charge in [-0.1, -0.05) is 20.4 Å². The molecule has 2 saturated carbocycles. The Kier molecular flexibility index (Phi) is 2.40. The molecular weight excluding hydrogens is 188 g/mol. The molecule has 0 amide bonds. The van der Waals surface area contributed by atoms with Crippen LogP contribution in [0.1, 0.15) is 40.0 Å². The second kappa shape index (κ2) is 3.36. The molecule has 2 aliphatic rings. The first kappa shape index (κ1) is 10.7. The van der Waals surface area contributed by atoms with E-state index in [1.54, 1.807) is 6.92 Å². The molecule has 0 aliphatic heterocycles. The van der Waals surface area contributed by atoms with Gasteiger partial charge in [0.15, 0.2) is 0 Å². The number of carbonyl (C=O) groups is 1. The second-order valence-corrected chi connectivity index (χ2v) is 5.66. The topological polar surface area (TPSA) is 26.3 Å². The van der Waals surface area contributed by atoms with E-state index in [9.17, 15) is 4.79 Å². The lowest BCUT2D eigenvalue weighted by Gasteiger charge is -2.26. The first-order chi connectivity index (χ1) is 6.93. The van der Waals surface area contributed by atoms with Crippen LogP contribution in [0.25, 0.3) is 0 Å². The molecule has 2 unspecified atom stereocenters. The summed E-state index contributed by atoms with van der Waals surface area (Å²) in [7, 11) is 0. The second-order valence-electron chi connectivity index (χ2n) is 5.66. The molecule has 0 radical (unpaired) electrons. The third-order valence-corrected chi connectivity index (χ3v) is 4.41. The van der Waals surface area contributed by atoms with Crippen LogP contribution < -0.4 is 0 Å². The van der Waals surface area contributed by atoms with Crippen LogP contribution in [0.2, 0.25) is 0 Å². The predicted octanol–water partition coefficient (Wildman–Crippen LogP) is 2.93. The highest BCUT2D eigenvalue weighted by Gasteiger charge is 2.54. The van der Waals surface area contributed by atoms with Crippen LogP contribution in [0.5, 0.6) is 0 Å². The number of hydrogen-bond acceptors (Lipinski definition) is 2. The monoisotopic (exact) mass is 208 g/mol. The van der Waals surface area contributed by atoms with Crippen LogP contribution >= 0.6 is 0 Å². The summed E-state index contributed by atoms with van der Waals surface area (Å²) < 4.78 is 5.50. The van der Waals surface area contributed by atoms with Crippen LogP contribution in [-0.2, 0) is 9.53 Å². The number of fused-ring (bicyclic) bond motifs is 2. The van der Waals surface area contributed by atoms with E-state index in [0.29, 0.717) is 16.9 Å². The molecule has 0 saturated heterocycles. The van der Waals surface area contributed by atoms with Crippen molar-refractivity contribution in [3.8, 4) is 0 Å². The van der Waals surface area contributed by atoms with Crippen molar-refractivity contribution < 1.29 is 9.53 Å². The standard InChI is InChI=1S/C13H20O2/c1-8(2)12(14)15-11-7-9-5-6-10(11)13(9,3)4/h9-11H,1,5-7H2,2-4H3/t9?,10?,11-/m0/s1. The fourth-order valence-corrected chi connectivity index (χ4v) is 3.33. The van der Waals surface area contributed by atoms with Gasteiger partial charge in [-0.25, -0.2) is 4.79 Å². The van der Waals surface area contributed by atoms with Crippen molar-refractivity contribution in [1.29, 1.82) is 0 Å². The minimum absolute atomic E-state index is 0.142. The van der Waals surface area contributed by atoms with Gasteiger partial charge in [0.25, 0.3) is 0 Å². The molecule has 2 bridgehead atoms. The average molecular weight is 208 g/mol. The SMILES string of the molecule is C=C(C)C(=O)O[C@H]1CC2CCC1C2(C)C. The third-order valence-electron chi connectivity index (χ3n) is 4.41. The van der Waals surface area contributed by atoms with Crippen molar-refractivity contribution >= 4 is 5.97 Å². The lowest BCUT2D eigenvalue weighted by molar-refractivity contribution is -0.147. The zero-order chi connectivity index (χ0) is 11.2. The normalized spacial score (nSPS) is 36.6. The van der Waals surface area contributed by atoms with Crippen LogP contribution in [0, 0.1) is 17.3 Å². The van der Waals surface area contributed by atoms with Gasteiger partial charge in [0.2, 0.25) is 0 Å². The largest absolute Gasteiger partial charge is 0.459 e. The van der Waals surface area contributed by atoms with Crippen LogP contribution in [0.4, 0.5) is 0 Å². The molecule has 0 aromatic carbocycles. The summed E-state index contributed by atoms with van der Waals surface area (Å²) in [6.45, 7) is 9.95. The van der Waals surface area contributed by atoms with Crippen molar-refractivity contribution in [2.24, 2.45) is 17.3 Å². The highest BCUT2D eigenvalue weighted by molar-refractivity contribution is 5.87. The van der Waals surface area contributed by atoms with E-state index in [2.05, 4.69) is 20.4 Å². The van der Waals surface area contributed by atoms with Gasteiger partial charge in [-0.2, -0.15) is 0 Å². The Balaban J connectivity index is 2.03. The third kappa shape index (κ3) is 1.60. The average Bonchev–Trinajstić information content (AvgIpc) is 2.54. The zero-order valence-corrected chi connectivity index (χ0v) is 9.88. The molecule has 0 aromatic rings. The Labute approximate surface area is 91.7 Å². The molecule has 3 atom stereocenters. The van der Waals surface area contributed by atoms with Crippen molar-refractivity contribution in [2.45, 2.75) is 46.1 Å². The quantitative estimate of drug-likeness (QED) is 0.515. The summed E-state index contributed by atoms with van der Waals surface area (Å²) >= 11 is 0. The van der Waals surface area contributed by atoms with Gasteiger partial charge >= 0.3 is 5.97 Å². The first-order valence-electron chi connectivity index (χ1n) is 5.79. The molecule has 2 aliphatic carbocycles. The van der Waals surface area contributed by atoms with Crippen LogP contribution in [0.3, 0.4) is 0 Å². The maximum atomic E-state index is 11.5. The maximum Gasteiger partial charge on any atom is 0.333 e. The molecule has 2 nitrogen and oxygen atoms in total. The van der Waals surface area contributed by atoms with Gasteiger partial charge in [-0.05, 0) is 37.5 Å². The molecule has 2 fully saturated rings. The van der Waals surface area contributed by atoms with Crippen molar-refractivity contribution in [1.82, 2.24) is 0 Å². The van der Waals surface area contributed by atoms with Gasteiger partial charge in [0.1, 0.15) is 6.10 Å². The highest BCUT2D eigenvalue weighted by atomic mass is 16.5. The predicted molar refractivity (Wildman–Crippen MR) is 59.3 cm³/mol. The fourth-order valence-electron chi connectivity index (χ4n) is 3.33. The summed E-state index contributed by atoms with van der Waals surface area (Å²) in [5, 5.41) is 0. The van der Waals surface area contributed by atoms with Crippen molar-refractivity contribution in [3.63, 3.8) is 0 Å². The number of esters is 1. The van der Waals surface area contributed by atoms with Gasteiger partial charge < -0.3 is 4.74 Å². The molecule has 2 rings (SSSR count). The molecule has 0 spiro atoms. The zero-order valence-electron chi connectivity index (χ0n) is 9.88. The van der Waals surface area contributed by atoms with E-state index in [-0.39, 0.29) is 12.1 Å². The number of ether oxygens (including phenoxy) is 1. The Morgan fingerprint density at radius 1 is 1.40 bits per heavy atom. The fraction of sp³-hybridized carbons (Fsp3) is 0.769. The van der Waals surface area contributed by atoms with E-state index in [1.807, 2.05) is 0 Å². The Morgan fingerprint density at radius 2 is 2.07 bits per heavy atom. The minimum atomic E-state index is -0.219. The van der Waals surface area contributed by atoms with E-state index in [4.69, 9.17) is 4.74 Å². The van der Waals surface area contributed by atoms with Crippen LogP contribution in [0.15, 0.2) is 12.2 Å². The lowest BCUT2D eigenvalue weighted by Crippen LogP contribution is -2.27. The summed E-state index contributed by atoms with van der Waals surface area (Å²) in [6.07, 6.45) is 3.71. The molecule has 2 heteroatoms. The Hall–Kier alpha value is -0.790. The Bertz CT molecular complexity index is 304. The van der Waals surface area contributed by atoms with Crippen molar-refractivity contribution in [3.05, 3.63) is 12.2 Å². The summed E-state index contributed by atoms with van der Waals surface area (Å²) in [6, 6.07) is 0. The highest BCUT2D eigenvalue weighted by Crippen LogP contribution is 2.58. The number of hydrogen-bond donors (Lipinski definition) is 0. The molecule has 0 N–H and O–H groups in total. The van der Waals surface area contributed by atoms with Gasteiger partial charge in [0, 0.05) is 11.5 Å². The van der Waals surface area contributed by atoms with Gasteiger partial charge in [-0.15, -0.1) is 0 Å². The van der Waals surface area contributed by atoms with Crippen LogP contribution in [-0.4, -0.2) is 12.1 Å². The van der Waals surface area contributed by atoms with Gasteiger partial charge in [-0.3, -0.25) is 0 Å². The molecule has 0 aromatic heterocycles. The molecule has 84 valence electrons. The Morgan fingerprint density at radius 3 is 2.47 bits per heavy atom. The summed E-state index contributed by atoms with van der Waals surface area (Å²) in [4.78, 5) is 11.5. The number of rotatable bonds is 2. The minimum Gasteiger partial charge on any atom is -0.459 e. The molecule has 0 heterocycles. The maximum absolute atomic E-state index is 11.5. The summed E-state index contributed by atoms with van der Waals surface area (Å²) in [5.41, 5.74) is 0.871. The van der Waals surface area contributed by atoms with E-state index in [0.717, 1.165) is 12.3 Å². The summed E-state index contributed by atoms with van der Waals surface area (Å²) in [5.74, 6) is 1.08. The molecular formula is C13H20O2. The number of carbonyl (C=O) groups excluding carboxylic acids is 1. The van der Waals surface area contributed by atoms with E-state index < -0.39 is 0 Å². The smallest absolute Gasteiger partial charge is 0.333 e. The van der Waals surface area contributed by atoms with E-state index in [1.165, 1.54) is 12.8 Å².